The molecule has 0 aromatic carbocycles. The first-order valence-electron chi connectivity index (χ1n) is 4.73. The molecule has 0 amide bonds. The van der Waals surface area contributed by atoms with Gasteiger partial charge in [0.05, 0.1) is 26.2 Å². The van der Waals surface area contributed by atoms with Crippen molar-refractivity contribution in [2.45, 2.75) is 13.3 Å². The first kappa shape index (κ1) is 13.6. The average Bonchev–Trinajstić information content (AvgIpc) is 2.23. The number of hydrogen-bond acceptors (Lipinski definition) is 5. The summed E-state index contributed by atoms with van der Waals surface area (Å²) in [5.74, 6) is -0.774. The van der Waals surface area contributed by atoms with Crippen LogP contribution in [0, 0.1) is 0 Å². The standard InChI is InChI=1S/C10H16O5/c1-3-9(11)15-8-7-13-6-5-10(12)14-4-2/h3H,1,4-8H2,2H3. The summed E-state index contributed by atoms with van der Waals surface area (Å²) in [6.07, 6.45) is 1.29. The molecule has 0 atom stereocenters. The highest BCUT2D eigenvalue weighted by Gasteiger charge is 2.01. The molecule has 0 N–H and O–H groups in total. The van der Waals surface area contributed by atoms with Crippen molar-refractivity contribution in [3.8, 4) is 0 Å². The molecule has 0 fully saturated rings. The third kappa shape index (κ3) is 8.96. The van der Waals surface area contributed by atoms with Gasteiger partial charge >= 0.3 is 11.9 Å². The predicted octanol–water partition coefficient (Wildman–Crippen LogP) is 0.685. The minimum absolute atomic E-state index is 0.160. The van der Waals surface area contributed by atoms with Gasteiger partial charge in [-0.2, -0.15) is 0 Å². The minimum atomic E-state index is -0.482. The van der Waals surface area contributed by atoms with E-state index in [1.165, 1.54) is 0 Å². The number of hydrogen-bond donors (Lipinski definition) is 0. The van der Waals surface area contributed by atoms with Crippen LogP contribution >= 0.6 is 0 Å². The van der Waals surface area contributed by atoms with Crippen LogP contribution in [0.25, 0.3) is 0 Å². The first-order valence-corrected chi connectivity index (χ1v) is 4.73. The van der Waals surface area contributed by atoms with Crippen LogP contribution in [-0.2, 0) is 23.8 Å². The molecular weight excluding hydrogens is 200 g/mol. The van der Waals surface area contributed by atoms with Crippen LogP contribution in [0.3, 0.4) is 0 Å². The van der Waals surface area contributed by atoms with Gasteiger partial charge in [0.25, 0.3) is 0 Å². The summed E-state index contributed by atoms with van der Waals surface area (Å²) in [4.78, 5) is 21.4. The minimum Gasteiger partial charge on any atom is -0.466 e. The third-order valence-corrected chi connectivity index (χ3v) is 1.39. The molecule has 0 saturated carbocycles. The zero-order valence-corrected chi connectivity index (χ0v) is 8.86. The van der Waals surface area contributed by atoms with Crippen molar-refractivity contribution in [2.24, 2.45) is 0 Å². The number of carbonyl (C=O) groups is 2. The summed E-state index contributed by atoms with van der Waals surface area (Å²) in [5.41, 5.74) is 0. The number of rotatable bonds is 8. The van der Waals surface area contributed by atoms with Crippen LogP contribution in [0.5, 0.6) is 0 Å². The Morgan fingerprint density at radius 1 is 1.20 bits per heavy atom. The van der Waals surface area contributed by atoms with E-state index in [1.54, 1.807) is 6.92 Å². The van der Waals surface area contributed by atoms with Crippen molar-refractivity contribution in [2.75, 3.05) is 26.4 Å². The first-order chi connectivity index (χ1) is 7.20. The van der Waals surface area contributed by atoms with E-state index in [1.807, 2.05) is 0 Å². The van der Waals surface area contributed by atoms with Crippen molar-refractivity contribution in [1.82, 2.24) is 0 Å². The number of esters is 2. The van der Waals surface area contributed by atoms with Crippen molar-refractivity contribution < 1.29 is 23.8 Å². The van der Waals surface area contributed by atoms with E-state index in [2.05, 4.69) is 16.1 Å². The van der Waals surface area contributed by atoms with Gasteiger partial charge in [-0.05, 0) is 6.92 Å². The van der Waals surface area contributed by atoms with Gasteiger partial charge in [0.15, 0.2) is 0 Å². The summed E-state index contributed by atoms with van der Waals surface area (Å²) in [7, 11) is 0. The Morgan fingerprint density at radius 3 is 2.53 bits per heavy atom. The monoisotopic (exact) mass is 216 g/mol. The molecule has 0 aliphatic carbocycles. The SMILES string of the molecule is C=CC(=O)OCCOCCC(=O)OCC. The van der Waals surface area contributed by atoms with E-state index in [-0.39, 0.29) is 32.2 Å². The van der Waals surface area contributed by atoms with Crippen molar-refractivity contribution in [3.05, 3.63) is 12.7 Å². The van der Waals surface area contributed by atoms with Crippen LogP contribution in [0.1, 0.15) is 13.3 Å². The fraction of sp³-hybridized carbons (Fsp3) is 0.600. The zero-order valence-electron chi connectivity index (χ0n) is 8.86. The quantitative estimate of drug-likeness (QED) is 0.339. The van der Waals surface area contributed by atoms with Crippen molar-refractivity contribution >= 4 is 11.9 Å². The van der Waals surface area contributed by atoms with E-state index < -0.39 is 5.97 Å². The van der Waals surface area contributed by atoms with E-state index >= 15 is 0 Å². The summed E-state index contributed by atoms with van der Waals surface area (Å²) in [6, 6.07) is 0. The Balaban J connectivity index is 3.21. The van der Waals surface area contributed by atoms with Gasteiger partial charge in [-0.3, -0.25) is 4.79 Å². The normalized spacial score (nSPS) is 9.40. The fourth-order valence-corrected chi connectivity index (χ4v) is 0.751. The summed E-state index contributed by atoms with van der Waals surface area (Å²) in [6.45, 7) is 6.05. The summed E-state index contributed by atoms with van der Waals surface area (Å²) < 4.78 is 14.4. The molecular formula is C10H16O5. The van der Waals surface area contributed by atoms with Gasteiger partial charge in [-0.15, -0.1) is 0 Å². The smallest absolute Gasteiger partial charge is 0.330 e. The molecule has 5 heteroatoms. The van der Waals surface area contributed by atoms with Crippen LogP contribution in [0.15, 0.2) is 12.7 Å². The molecule has 0 aliphatic rings. The maximum Gasteiger partial charge on any atom is 0.330 e. The Bertz CT molecular complexity index is 212. The average molecular weight is 216 g/mol. The summed E-state index contributed by atoms with van der Waals surface area (Å²) >= 11 is 0. The van der Waals surface area contributed by atoms with Crippen LogP contribution in [-0.4, -0.2) is 38.4 Å². The Kier molecular flexibility index (Phi) is 8.37. The van der Waals surface area contributed by atoms with Crippen LogP contribution in [0.2, 0.25) is 0 Å². The lowest BCUT2D eigenvalue weighted by molar-refractivity contribution is -0.145. The van der Waals surface area contributed by atoms with E-state index in [4.69, 9.17) is 4.74 Å². The van der Waals surface area contributed by atoms with Crippen LogP contribution < -0.4 is 0 Å². The Labute approximate surface area is 89.0 Å². The van der Waals surface area contributed by atoms with Gasteiger partial charge in [0, 0.05) is 6.08 Å². The largest absolute Gasteiger partial charge is 0.466 e. The van der Waals surface area contributed by atoms with Gasteiger partial charge < -0.3 is 14.2 Å². The molecule has 15 heavy (non-hydrogen) atoms. The lowest BCUT2D eigenvalue weighted by Gasteiger charge is -2.04. The molecule has 0 unspecified atom stereocenters. The maximum atomic E-state index is 10.8. The molecule has 0 saturated heterocycles. The highest BCUT2D eigenvalue weighted by Crippen LogP contribution is 1.88. The Morgan fingerprint density at radius 2 is 1.93 bits per heavy atom. The zero-order chi connectivity index (χ0) is 11.5. The topological polar surface area (TPSA) is 61.8 Å². The predicted molar refractivity (Wildman–Crippen MR) is 53.2 cm³/mol. The van der Waals surface area contributed by atoms with Crippen LogP contribution in [0.4, 0.5) is 0 Å². The van der Waals surface area contributed by atoms with Gasteiger partial charge in [0.2, 0.25) is 0 Å². The van der Waals surface area contributed by atoms with Crippen molar-refractivity contribution in [3.63, 3.8) is 0 Å². The van der Waals surface area contributed by atoms with Gasteiger partial charge in [-0.25, -0.2) is 4.79 Å². The number of ether oxygens (including phenoxy) is 3. The number of carbonyl (C=O) groups excluding carboxylic acids is 2. The van der Waals surface area contributed by atoms with E-state index in [0.717, 1.165) is 6.08 Å². The molecule has 0 heterocycles. The second-order valence-corrected chi connectivity index (χ2v) is 2.54. The molecule has 0 aromatic heterocycles. The fourth-order valence-electron chi connectivity index (χ4n) is 0.751. The highest BCUT2D eigenvalue weighted by atomic mass is 16.6. The molecule has 0 spiro atoms. The van der Waals surface area contributed by atoms with Gasteiger partial charge in [0.1, 0.15) is 6.61 Å². The molecule has 0 aliphatic heterocycles. The van der Waals surface area contributed by atoms with E-state index in [9.17, 15) is 9.59 Å². The lowest BCUT2D eigenvalue weighted by atomic mass is 10.5. The maximum absolute atomic E-state index is 10.8. The molecule has 86 valence electrons. The molecule has 5 nitrogen and oxygen atoms in total. The lowest BCUT2D eigenvalue weighted by Crippen LogP contribution is -2.12. The molecule has 0 radical (unpaired) electrons. The van der Waals surface area contributed by atoms with Crippen molar-refractivity contribution in [1.29, 1.82) is 0 Å². The molecule has 0 bridgehead atoms. The molecule has 0 aromatic rings. The second-order valence-electron chi connectivity index (χ2n) is 2.54. The highest BCUT2D eigenvalue weighted by molar-refractivity contribution is 5.81. The van der Waals surface area contributed by atoms with Gasteiger partial charge in [-0.1, -0.05) is 6.58 Å². The third-order valence-electron chi connectivity index (χ3n) is 1.39. The van der Waals surface area contributed by atoms with E-state index in [0.29, 0.717) is 6.61 Å². The Hall–Kier alpha value is -1.36. The second kappa shape index (κ2) is 9.21. The summed E-state index contributed by atoms with van der Waals surface area (Å²) in [5, 5.41) is 0. The molecule has 0 rings (SSSR count).